The highest BCUT2D eigenvalue weighted by Gasteiger charge is 2.12. The summed E-state index contributed by atoms with van der Waals surface area (Å²) in [4.78, 5) is 16.3. The summed E-state index contributed by atoms with van der Waals surface area (Å²) < 4.78 is 1.70. The topological polar surface area (TPSA) is 88.5 Å². The molecule has 20 heavy (non-hydrogen) atoms. The third kappa shape index (κ3) is 2.59. The van der Waals surface area contributed by atoms with Gasteiger partial charge in [0.2, 0.25) is 0 Å². The summed E-state index contributed by atoms with van der Waals surface area (Å²) >= 11 is 1.42. The van der Waals surface area contributed by atoms with Crippen LogP contribution in [0.25, 0.3) is 10.6 Å². The molecule has 3 aromatic heterocycles. The lowest BCUT2D eigenvalue weighted by Gasteiger charge is -1.99. The molecule has 0 aliphatic heterocycles. The predicted octanol–water partition coefficient (Wildman–Crippen LogP) is 1.20. The Morgan fingerprint density at radius 3 is 3.15 bits per heavy atom. The zero-order valence-corrected chi connectivity index (χ0v) is 11.5. The average Bonchev–Trinajstić information content (AvgIpc) is 3.16. The van der Waals surface area contributed by atoms with E-state index in [4.69, 9.17) is 0 Å². The first kappa shape index (κ1) is 12.5. The fourth-order valence-corrected chi connectivity index (χ4v) is 2.47. The van der Waals surface area contributed by atoms with Crippen LogP contribution in [0.5, 0.6) is 0 Å². The summed E-state index contributed by atoms with van der Waals surface area (Å²) in [7, 11) is 1.84. The van der Waals surface area contributed by atoms with E-state index in [9.17, 15) is 4.79 Å². The van der Waals surface area contributed by atoms with Crippen LogP contribution >= 0.6 is 11.3 Å². The molecule has 8 heteroatoms. The van der Waals surface area contributed by atoms with Gasteiger partial charge in [0, 0.05) is 30.4 Å². The number of H-pyrrole nitrogens is 1. The predicted molar refractivity (Wildman–Crippen MR) is 74.1 cm³/mol. The van der Waals surface area contributed by atoms with E-state index < -0.39 is 0 Å². The van der Waals surface area contributed by atoms with Crippen molar-refractivity contribution in [3.8, 4) is 10.6 Å². The van der Waals surface area contributed by atoms with Crippen molar-refractivity contribution in [2.24, 2.45) is 7.05 Å². The van der Waals surface area contributed by atoms with E-state index >= 15 is 0 Å². The van der Waals surface area contributed by atoms with Gasteiger partial charge in [-0.25, -0.2) is 4.98 Å². The molecule has 3 heterocycles. The van der Waals surface area contributed by atoms with Crippen molar-refractivity contribution < 1.29 is 4.79 Å². The Bertz CT molecular complexity index is 714. The third-order valence-electron chi connectivity index (χ3n) is 2.69. The number of amides is 1. The fourth-order valence-electron chi connectivity index (χ4n) is 1.69. The second kappa shape index (κ2) is 5.25. The third-order valence-corrected chi connectivity index (χ3v) is 3.58. The summed E-state index contributed by atoms with van der Waals surface area (Å²) in [6.45, 7) is 0.401. The Morgan fingerprint density at radius 1 is 1.55 bits per heavy atom. The highest BCUT2D eigenvalue weighted by molar-refractivity contribution is 7.13. The van der Waals surface area contributed by atoms with Crippen molar-refractivity contribution in [3.05, 3.63) is 41.4 Å². The molecule has 0 unspecified atom stereocenters. The number of aromatic amines is 1. The molecule has 0 aromatic carbocycles. The van der Waals surface area contributed by atoms with Crippen LogP contribution in [-0.4, -0.2) is 30.9 Å². The summed E-state index contributed by atoms with van der Waals surface area (Å²) in [5, 5.41) is 16.0. The molecular weight excluding hydrogens is 276 g/mol. The van der Waals surface area contributed by atoms with E-state index in [0.29, 0.717) is 12.2 Å². The molecule has 0 fully saturated rings. The van der Waals surface area contributed by atoms with Crippen LogP contribution in [0, 0.1) is 0 Å². The highest BCUT2D eigenvalue weighted by atomic mass is 32.1. The Balaban J connectivity index is 1.68. The Kier molecular flexibility index (Phi) is 3.30. The van der Waals surface area contributed by atoms with Gasteiger partial charge in [0.1, 0.15) is 10.7 Å². The molecule has 3 rings (SSSR count). The van der Waals surface area contributed by atoms with Crippen LogP contribution in [-0.2, 0) is 13.6 Å². The van der Waals surface area contributed by atoms with Crippen molar-refractivity contribution >= 4 is 17.2 Å². The van der Waals surface area contributed by atoms with Gasteiger partial charge in [-0.05, 0) is 6.07 Å². The lowest BCUT2D eigenvalue weighted by Crippen LogP contribution is -2.23. The van der Waals surface area contributed by atoms with Gasteiger partial charge in [-0.3, -0.25) is 14.6 Å². The summed E-state index contributed by atoms with van der Waals surface area (Å²) in [6.07, 6.45) is 5.24. The molecule has 0 aliphatic carbocycles. The van der Waals surface area contributed by atoms with Crippen molar-refractivity contribution in [2.45, 2.75) is 6.54 Å². The summed E-state index contributed by atoms with van der Waals surface area (Å²) in [5.74, 6) is -0.203. The van der Waals surface area contributed by atoms with Crippen LogP contribution in [0.1, 0.15) is 16.2 Å². The van der Waals surface area contributed by atoms with Crippen LogP contribution in [0.4, 0.5) is 0 Å². The molecular formula is C12H12N6OS. The molecule has 2 N–H and O–H groups in total. The number of nitrogens with zero attached hydrogens (tertiary/aromatic N) is 4. The molecule has 0 aliphatic rings. The van der Waals surface area contributed by atoms with Gasteiger partial charge in [-0.2, -0.15) is 10.2 Å². The Labute approximate surface area is 118 Å². The van der Waals surface area contributed by atoms with E-state index in [-0.39, 0.29) is 5.91 Å². The van der Waals surface area contributed by atoms with Gasteiger partial charge < -0.3 is 5.32 Å². The average molecular weight is 288 g/mol. The zero-order chi connectivity index (χ0) is 13.9. The molecule has 3 aromatic rings. The normalized spacial score (nSPS) is 10.7. The quantitative estimate of drug-likeness (QED) is 0.755. The minimum absolute atomic E-state index is 0.203. The van der Waals surface area contributed by atoms with E-state index in [1.54, 1.807) is 22.5 Å². The maximum absolute atomic E-state index is 12.0. The zero-order valence-electron chi connectivity index (χ0n) is 10.7. The number of aryl methyl sites for hydroxylation is 1. The molecule has 0 spiro atoms. The van der Waals surface area contributed by atoms with E-state index in [1.165, 1.54) is 11.3 Å². The van der Waals surface area contributed by atoms with Gasteiger partial charge in [-0.1, -0.05) is 0 Å². The Morgan fingerprint density at radius 2 is 2.45 bits per heavy atom. The van der Waals surface area contributed by atoms with Gasteiger partial charge >= 0.3 is 0 Å². The first-order valence-corrected chi connectivity index (χ1v) is 6.81. The molecule has 0 saturated carbocycles. The summed E-state index contributed by atoms with van der Waals surface area (Å²) in [5.41, 5.74) is 2.17. The first-order chi connectivity index (χ1) is 9.72. The van der Waals surface area contributed by atoms with Crippen molar-refractivity contribution in [2.75, 3.05) is 0 Å². The molecule has 1 amide bonds. The van der Waals surface area contributed by atoms with Gasteiger partial charge in [0.05, 0.1) is 18.4 Å². The summed E-state index contributed by atoms with van der Waals surface area (Å²) in [6, 6.07) is 1.81. The van der Waals surface area contributed by atoms with E-state index in [1.807, 2.05) is 19.3 Å². The maximum atomic E-state index is 12.0. The number of hydrogen-bond donors (Lipinski definition) is 2. The number of carbonyl (C=O) groups excluding carboxylic acids is 1. The van der Waals surface area contributed by atoms with Crippen LogP contribution in [0.15, 0.2) is 30.0 Å². The lowest BCUT2D eigenvalue weighted by atomic mass is 10.3. The van der Waals surface area contributed by atoms with Crippen molar-refractivity contribution in [1.29, 1.82) is 0 Å². The number of hydrogen-bond acceptors (Lipinski definition) is 5. The number of nitrogens with one attached hydrogen (secondary N) is 2. The largest absolute Gasteiger partial charge is 0.345 e. The molecule has 0 radical (unpaired) electrons. The second-order valence-electron chi connectivity index (χ2n) is 4.21. The monoisotopic (exact) mass is 288 g/mol. The fraction of sp³-hybridized carbons (Fsp3) is 0.167. The molecule has 102 valence electrons. The minimum Gasteiger partial charge on any atom is -0.345 e. The molecule has 7 nitrogen and oxygen atoms in total. The van der Waals surface area contributed by atoms with Crippen molar-refractivity contribution in [1.82, 2.24) is 30.3 Å². The smallest absolute Gasteiger partial charge is 0.271 e. The maximum Gasteiger partial charge on any atom is 0.271 e. The lowest BCUT2D eigenvalue weighted by molar-refractivity contribution is 0.0946. The Hall–Kier alpha value is -2.48. The van der Waals surface area contributed by atoms with Crippen molar-refractivity contribution in [3.63, 3.8) is 0 Å². The minimum atomic E-state index is -0.203. The second-order valence-corrected chi connectivity index (χ2v) is 5.06. The number of thiazole rings is 1. The molecule has 0 bridgehead atoms. The SMILES string of the molecule is Cn1cc(-c2nc(C(=O)NCc3ccn[nH]3)cs2)cn1. The number of carbonyl (C=O) groups is 1. The molecule has 0 atom stereocenters. The standard InChI is InChI=1S/C12H12N6OS/c1-18-6-8(4-15-18)12-16-10(7-20-12)11(19)13-5-9-2-3-14-17-9/h2-4,6-7H,5H2,1H3,(H,13,19)(H,14,17). The van der Waals surface area contributed by atoms with Gasteiger partial charge in [0.25, 0.3) is 5.91 Å². The highest BCUT2D eigenvalue weighted by Crippen LogP contribution is 2.22. The van der Waals surface area contributed by atoms with Gasteiger partial charge in [0.15, 0.2) is 0 Å². The first-order valence-electron chi connectivity index (χ1n) is 5.93. The number of aromatic nitrogens is 5. The van der Waals surface area contributed by atoms with E-state index in [0.717, 1.165) is 16.3 Å². The van der Waals surface area contributed by atoms with Crippen LogP contribution in [0.3, 0.4) is 0 Å². The van der Waals surface area contributed by atoms with E-state index in [2.05, 4.69) is 25.6 Å². The van der Waals surface area contributed by atoms with Gasteiger partial charge in [-0.15, -0.1) is 11.3 Å². The molecule has 0 saturated heterocycles. The van der Waals surface area contributed by atoms with Crippen LogP contribution < -0.4 is 5.32 Å². The van der Waals surface area contributed by atoms with Crippen LogP contribution in [0.2, 0.25) is 0 Å². The number of rotatable bonds is 4.